The summed E-state index contributed by atoms with van der Waals surface area (Å²) in [6.45, 7) is -0.914. The van der Waals surface area contributed by atoms with Gasteiger partial charge in [-0.25, -0.2) is 0 Å². The Morgan fingerprint density at radius 1 is 1.38 bits per heavy atom. The molecule has 0 amide bonds. The first kappa shape index (κ1) is 14.7. The van der Waals surface area contributed by atoms with Crippen LogP contribution in [0.15, 0.2) is 0 Å². The van der Waals surface area contributed by atoms with Crippen molar-refractivity contribution in [2.45, 2.75) is 12.5 Å². The monoisotopic (exact) mass is 214 g/mol. The summed E-state index contributed by atoms with van der Waals surface area (Å²) in [6.07, 6.45) is -1.89. The SMILES string of the molecule is Cl.O=C(O)CC(=O)OCC(O)CO. The van der Waals surface area contributed by atoms with Gasteiger partial charge in [0.2, 0.25) is 0 Å². The molecule has 0 bridgehead atoms. The molecule has 0 heterocycles. The lowest BCUT2D eigenvalue weighted by molar-refractivity contribution is -0.153. The first-order valence-corrected chi connectivity index (χ1v) is 3.22. The van der Waals surface area contributed by atoms with E-state index in [9.17, 15) is 9.59 Å². The molecule has 7 heteroatoms. The average molecular weight is 215 g/mol. The molecule has 0 spiro atoms. The van der Waals surface area contributed by atoms with Crippen LogP contribution in [0.4, 0.5) is 0 Å². The summed E-state index contributed by atoms with van der Waals surface area (Å²) in [5.41, 5.74) is 0. The second-order valence-corrected chi connectivity index (χ2v) is 2.09. The van der Waals surface area contributed by atoms with Crippen LogP contribution in [0.1, 0.15) is 6.42 Å². The molecule has 3 N–H and O–H groups in total. The summed E-state index contributed by atoms with van der Waals surface area (Å²) in [6, 6.07) is 0. The maximum absolute atomic E-state index is 10.5. The number of carbonyl (C=O) groups excluding carboxylic acids is 1. The quantitative estimate of drug-likeness (QED) is 0.392. The van der Waals surface area contributed by atoms with Gasteiger partial charge in [0.15, 0.2) is 0 Å². The zero-order valence-electron chi connectivity index (χ0n) is 6.67. The minimum absolute atomic E-state index is 0. The van der Waals surface area contributed by atoms with Crippen LogP contribution in [0.25, 0.3) is 0 Å². The molecule has 0 saturated heterocycles. The van der Waals surface area contributed by atoms with Crippen molar-refractivity contribution in [2.24, 2.45) is 0 Å². The van der Waals surface area contributed by atoms with Gasteiger partial charge in [0.05, 0.1) is 6.61 Å². The van der Waals surface area contributed by atoms with Gasteiger partial charge < -0.3 is 20.1 Å². The van der Waals surface area contributed by atoms with Gasteiger partial charge in [-0.15, -0.1) is 12.4 Å². The number of aliphatic hydroxyl groups excluding tert-OH is 2. The smallest absolute Gasteiger partial charge is 0.317 e. The lowest BCUT2D eigenvalue weighted by Gasteiger charge is -2.06. The van der Waals surface area contributed by atoms with Crippen molar-refractivity contribution in [1.29, 1.82) is 0 Å². The molecule has 13 heavy (non-hydrogen) atoms. The zero-order chi connectivity index (χ0) is 9.56. The van der Waals surface area contributed by atoms with Gasteiger partial charge in [-0.2, -0.15) is 0 Å². The Labute approximate surface area is 80.5 Å². The average Bonchev–Trinajstić information content (AvgIpc) is 1.99. The Bertz CT molecular complexity index is 171. The maximum Gasteiger partial charge on any atom is 0.317 e. The van der Waals surface area contributed by atoms with Crippen LogP contribution >= 0.6 is 12.4 Å². The normalized spacial score (nSPS) is 11.2. The summed E-state index contributed by atoms with van der Waals surface area (Å²) in [5.74, 6) is -2.23. The molecule has 0 aromatic heterocycles. The number of halogens is 1. The predicted octanol–water partition coefficient (Wildman–Crippen LogP) is -1.22. The van der Waals surface area contributed by atoms with Crippen molar-refractivity contribution in [2.75, 3.05) is 13.2 Å². The Morgan fingerprint density at radius 2 is 1.92 bits per heavy atom. The van der Waals surface area contributed by atoms with E-state index in [-0.39, 0.29) is 19.0 Å². The maximum atomic E-state index is 10.5. The second kappa shape index (κ2) is 7.78. The minimum atomic E-state index is -1.29. The Kier molecular flexibility index (Phi) is 8.78. The zero-order valence-corrected chi connectivity index (χ0v) is 7.49. The van der Waals surface area contributed by atoms with Gasteiger partial charge >= 0.3 is 11.9 Å². The van der Waals surface area contributed by atoms with Crippen LogP contribution in [0, 0.1) is 0 Å². The highest BCUT2D eigenvalue weighted by atomic mass is 35.5. The molecule has 1 atom stereocenters. The van der Waals surface area contributed by atoms with E-state index >= 15 is 0 Å². The van der Waals surface area contributed by atoms with Gasteiger partial charge in [-0.1, -0.05) is 0 Å². The topological polar surface area (TPSA) is 104 Å². The van der Waals surface area contributed by atoms with Crippen molar-refractivity contribution in [3.63, 3.8) is 0 Å². The van der Waals surface area contributed by atoms with E-state index in [2.05, 4.69) is 4.74 Å². The van der Waals surface area contributed by atoms with Crippen molar-refractivity contribution in [3.05, 3.63) is 0 Å². The molecular formula is C6H11ClO6. The molecule has 0 aliphatic carbocycles. The van der Waals surface area contributed by atoms with E-state index in [0.29, 0.717) is 0 Å². The van der Waals surface area contributed by atoms with E-state index in [1.807, 2.05) is 0 Å². The summed E-state index contributed by atoms with van der Waals surface area (Å²) >= 11 is 0. The fourth-order valence-electron chi connectivity index (χ4n) is 0.416. The van der Waals surface area contributed by atoms with Crippen molar-refractivity contribution in [1.82, 2.24) is 0 Å². The molecule has 0 saturated carbocycles. The molecule has 1 unspecified atom stereocenters. The third-order valence-corrected chi connectivity index (χ3v) is 0.943. The molecule has 0 rings (SSSR count). The van der Waals surface area contributed by atoms with Gasteiger partial charge in [0.1, 0.15) is 19.1 Å². The number of carboxylic acid groups (broad SMARTS) is 1. The predicted molar refractivity (Wildman–Crippen MR) is 43.6 cm³/mol. The highest BCUT2D eigenvalue weighted by molar-refractivity contribution is 5.90. The van der Waals surface area contributed by atoms with E-state index in [1.165, 1.54) is 0 Å². The second-order valence-electron chi connectivity index (χ2n) is 2.09. The van der Waals surface area contributed by atoms with Crippen molar-refractivity contribution in [3.8, 4) is 0 Å². The number of rotatable bonds is 5. The molecular weight excluding hydrogens is 204 g/mol. The summed E-state index contributed by atoms with van der Waals surface area (Å²) < 4.78 is 4.28. The largest absolute Gasteiger partial charge is 0.481 e. The lowest BCUT2D eigenvalue weighted by Crippen LogP contribution is -2.22. The Morgan fingerprint density at radius 3 is 2.31 bits per heavy atom. The highest BCUT2D eigenvalue weighted by Gasteiger charge is 2.10. The third kappa shape index (κ3) is 9.06. The van der Waals surface area contributed by atoms with Crippen LogP contribution in [0.2, 0.25) is 0 Å². The number of aliphatic carboxylic acids is 1. The summed E-state index contributed by atoms with van der Waals surface area (Å²) in [4.78, 5) is 20.4. The van der Waals surface area contributed by atoms with Crippen LogP contribution in [0.3, 0.4) is 0 Å². The fourth-order valence-corrected chi connectivity index (χ4v) is 0.416. The number of esters is 1. The minimum Gasteiger partial charge on any atom is -0.481 e. The number of aliphatic hydroxyl groups is 2. The number of ether oxygens (including phenoxy) is 1. The molecule has 0 aliphatic heterocycles. The van der Waals surface area contributed by atoms with Crippen LogP contribution in [0.5, 0.6) is 0 Å². The van der Waals surface area contributed by atoms with Gasteiger partial charge in [-0.3, -0.25) is 9.59 Å². The van der Waals surface area contributed by atoms with Crippen LogP contribution in [-0.4, -0.2) is 46.6 Å². The number of carboxylic acids is 1. The number of hydrogen-bond donors (Lipinski definition) is 3. The Balaban J connectivity index is 0. The molecule has 0 aromatic carbocycles. The first-order chi connectivity index (χ1) is 5.56. The molecule has 0 radical (unpaired) electrons. The lowest BCUT2D eigenvalue weighted by atomic mass is 10.4. The van der Waals surface area contributed by atoms with Gasteiger partial charge in [0.25, 0.3) is 0 Å². The van der Waals surface area contributed by atoms with Gasteiger partial charge in [-0.05, 0) is 0 Å². The number of hydrogen-bond acceptors (Lipinski definition) is 5. The molecule has 78 valence electrons. The molecule has 0 aromatic rings. The molecule has 0 fully saturated rings. The van der Waals surface area contributed by atoms with Gasteiger partial charge in [0, 0.05) is 0 Å². The van der Waals surface area contributed by atoms with E-state index in [0.717, 1.165) is 0 Å². The van der Waals surface area contributed by atoms with E-state index in [4.69, 9.17) is 15.3 Å². The van der Waals surface area contributed by atoms with Crippen LogP contribution in [-0.2, 0) is 14.3 Å². The third-order valence-electron chi connectivity index (χ3n) is 0.943. The fraction of sp³-hybridized carbons (Fsp3) is 0.667. The molecule has 0 aliphatic rings. The number of carbonyl (C=O) groups is 2. The highest BCUT2D eigenvalue weighted by Crippen LogP contribution is 1.89. The van der Waals surface area contributed by atoms with E-state index < -0.39 is 31.1 Å². The Hall–Kier alpha value is -0.850. The molecule has 6 nitrogen and oxygen atoms in total. The first-order valence-electron chi connectivity index (χ1n) is 3.22. The van der Waals surface area contributed by atoms with E-state index in [1.54, 1.807) is 0 Å². The summed E-state index contributed by atoms with van der Waals surface area (Å²) in [5, 5.41) is 25.0. The summed E-state index contributed by atoms with van der Waals surface area (Å²) in [7, 11) is 0. The van der Waals surface area contributed by atoms with Crippen LogP contribution < -0.4 is 0 Å². The van der Waals surface area contributed by atoms with Crippen molar-refractivity contribution >= 4 is 24.3 Å². The van der Waals surface area contributed by atoms with Crippen molar-refractivity contribution < 1.29 is 29.6 Å². The standard InChI is InChI=1S/C6H10O6.ClH/c7-2-4(8)3-12-6(11)1-5(9)10;/h4,7-8H,1-3H2,(H,9,10);1H.